The van der Waals surface area contributed by atoms with Gasteiger partial charge in [-0.05, 0) is 26.7 Å². The molecule has 0 aliphatic heterocycles. The lowest BCUT2D eigenvalue weighted by Gasteiger charge is -2.32. The van der Waals surface area contributed by atoms with Crippen molar-refractivity contribution in [1.82, 2.24) is 0 Å². The fraction of sp³-hybridized carbons (Fsp3) is 1.00. The number of aliphatic hydroxyl groups is 1. The normalized spacial score (nSPS) is 26.1. The predicted octanol–water partition coefficient (Wildman–Crippen LogP) is 2.84. The molecule has 0 saturated heterocycles. The smallest absolute Gasteiger partial charge is 0.152 e. The zero-order valence-corrected chi connectivity index (χ0v) is 8.88. The first-order valence-electron chi connectivity index (χ1n) is 5.48. The summed E-state index contributed by atoms with van der Waals surface area (Å²) in [7, 11) is 0. The average molecular weight is 186 g/mol. The molecule has 0 amide bonds. The van der Waals surface area contributed by atoms with Crippen molar-refractivity contribution in [2.45, 2.75) is 70.7 Å². The van der Waals surface area contributed by atoms with Gasteiger partial charge in [0, 0.05) is 0 Å². The molecule has 1 unspecified atom stereocenters. The molecule has 1 aliphatic carbocycles. The monoisotopic (exact) mass is 186 g/mol. The van der Waals surface area contributed by atoms with Gasteiger partial charge >= 0.3 is 0 Å². The molecule has 1 saturated carbocycles. The third kappa shape index (κ3) is 4.10. The predicted molar refractivity (Wildman–Crippen MR) is 53.5 cm³/mol. The van der Waals surface area contributed by atoms with Crippen molar-refractivity contribution in [2.75, 3.05) is 0 Å². The molecule has 0 aromatic heterocycles. The van der Waals surface area contributed by atoms with E-state index in [1.54, 1.807) is 6.92 Å². The van der Waals surface area contributed by atoms with Gasteiger partial charge in [0.15, 0.2) is 6.29 Å². The van der Waals surface area contributed by atoms with Crippen molar-refractivity contribution in [3.8, 4) is 0 Å². The lowest BCUT2D eigenvalue weighted by Crippen LogP contribution is -2.33. The van der Waals surface area contributed by atoms with Crippen LogP contribution in [0.4, 0.5) is 0 Å². The molecule has 0 bridgehead atoms. The Hall–Kier alpha value is -0.0800. The fourth-order valence-electron chi connectivity index (χ4n) is 2.18. The summed E-state index contributed by atoms with van der Waals surface area (Å²) in [5, 5.41) is 9.21. The molecule has 0 radical (unpaired) electrons. The van der Waals surface area contributed by atoms with Crippen LogP contribution in [0.25, 0.3) is 0 Å². The minimum absolute atomic E-state index is 0.0748. The summed E-state index contributed by atoms with van der Waals surface area (Å²) in [4.78, 5) is 0. The fourth-order valence-corrected chi connectivity index (χ4v) is 2.18. The van der Waals surface area contributed by atoms with E-state index in [1.807, 2.05) is 0 Å². The zero-order valence-electron chi connectivity index (χ0n) is 8.88. The number of rotatable bonds is 2. The van der Waals surface area contributed by atoms with Crippen LogP contribution in [0.2, 0.25) is 0 Å². The third-order valence-corrected chi connectivity index (χ3v) is 2.87. The van der Waals surface area contributed by atoms with Gasteiger partial charge in [0.1, 0.15) is 0 Å². The molecular weight excluding hydrogens is 164 g/mol. The maximum Gasteiger partial charge on any atom is 0.152 e. The molecule has 0 aromatic carbocycles. The van der Waals surface area contributed by atoms with Gasteiger partial charge < -0.3 is 9.84 Å². The highest BCUT2D eigenvalue weighted by atomic mass is 16.6. The molecule has 78 valence electrons. The van der Waals surface area contributed by atoms with Crippen LogP contribution in [0.1, 0.15) is 58.8 Å². The van der Waals surface area contributed by atoms with E-state index in [-0.39, 0.29) is 5.60 Å². The van der Waals surface area contributed by atoms with Crippen molar-refractivity contribution in [1.29, 1.82) is 0 Å². The van der Waals surface area contributed by atoms with E-state index >= 15 is 0 Å². The summed E-state index contributed by atoms with van der Waals surface area (Å²) in [6.07, 6.45) is 8.05. The molecule has 13 heavy (non-hydrogen) atoms. The maximum absolute atomic E-state index is 9.21. The number of hydrogen-bond donors (Lipinski definition) is 1. The number of aliphatic hydroxyl groups excluding tert-OH is 1. The third-order valence-electron chi connectivity index (χ3n) is 2.87. The van der Waals surface area contributed by atoms with E-state index < -0.39 is 6.29 Å². The van der Waals surface area contributed by atoms with Crippen LogP contribution in [-0.2, 0) is 4.74 Å². The van der Waals surface area contributed by atoms with Gasteiger partial charge in [0.05, 0.1) is 5.60 Å². The zero-order chi connectivity index (χ0) is 9.73. The van der Waals surface area contributed by atoms with E-state index in [1.165, 1.54) is 32.1 Å². The SMILES string of the molecule is CC(O)OC1(C)CCCCCCC1. The van der Waals surface area contributed by atoms with Crippen LogP contribution in [0, 0.1) is 0 Å². The molecule has 2 heteroatoms. The van der Waals surface area contributed by atoms with Crippen LogP contribution >= 0.6 is 0 Å². The van der Waals surface area contributed by atoms with E-state index in [4.69, 9.17) is 4.74 Å². The van der Waals surface area contributed by atoms with Gasteiger partial charge in [-0.15, -0.1) is 0 Å². The minimum atomic E-state index is -0.621. The first-order chi connectivity index (χ1) is 6.12. The first kappa shape index (κ1) is 11.0. The van der Waals surface area contributed by atoms with E-state index in [9.17, 15) is 5.11 Å². The molecule has 0 heterocycles. The van der Waals surface area contributed by atoms with Crippen LogP contribution < -0.4 is 0 Å². The topological polar surface area (TPSA) is 29.5 Å². The lowest BCUT2D eigenvalue weighted by atomic mass is 9.88. The Bertz CT molecular complexity index is 135. The second-order valence-corrected chi connectivity index (χ2v) is 4.43. The molecule has 1 N–H and O–H groups in total. The second kappa shape index (κ2) is 4.97. The van der Waals surface area contributed by atoms with Crippen LogP contribution in [-0.4, -0.2) is 17.0 Å². The second-order valence-electron chi connectivity index (χ2n) is 4.43. The first-order valence-corrected chi connectivity index (χ1v) is 5.48. The Morgan fingerprint density at radius 2 is 1.54 bits per heavy atom. The van der Waals surface area contributed by atoms with Gasteiger partial charge in [-0.3, -0.25) is 0 Å². The van der Waals surface area contributed by atoms with Crippen molar-refractivity contribution < 1.29 is 9.84 Å². The van der Waals surface area contributed by atoms with Crippen molar-refractivity contribution in [3.63, 3.8) is 0 Å². The molecular formula is C11H22O2. The highest BCUT2D eigenvalue weighted by Crippen LogP contribution is 2.29. The van der Waals surface area contributed by atoms with Gasteiger partial charge in [-0.1, -0.05) is 32.1 Å². The minimum Gasteiger partial charge on any atom is -0.368 e. The summed E-state index contributed by atoms with van der Waals surface area (Å²) >= 11 is 0. The van der Waals surface area contributed by atoms with Crippen molar-refractivity contribution in [2.24, 2.45) is 0 Å². The maximum atomic E-state index is 9.21. The van der Waals surface area contributed by atoms with E-state index in [2.05, 4.69) is 6.92 Å². The van der Waals surface area contributed by atoms with Gasteiger partial charge in [0.2, 0.25) is 0 Å². The Morgan fingerprint density at radius 3 is 2.00 bits per heavy atom. The largest absolute Gasteiger partial charge is 0.368 e. The van der Waals surface area contributed by atoms with Gasteiger partial charge in [-0.2, -0.15) is 0 Å². The van der Waals surface area contributed by atoms with E-state index in [0.29, 0.717) is 0 Å². The molecule has 0 spiro atoms. The summed E-state index contributed by atoms with van der Waals surface area (Å²) < 4.78 is 5.57. The van der Waals surface area contributed by atoms with Crippen LogP contribution in [0.5, 0.6) is 0 Å². The number of ether oxygens (including phenoxy) is 1. The Morgan fingerprint density at radius 1 is 1.08 bits per heavy atom. The molecule has 1 rings (SSSR count). The molecule has 1 atom stereocenters. The van der Waals surface area contributed by atoms with Crippen LogP contribution in [0.3, 0.4) is 0 Å². The lowest BCUT2D eigenvalue weighted by molar-refractivity contribution is -0.176. The van der Waals surface area contributed by atoms with Crippen LogP contribution in [0.15, 0.2) is 0 Å². The Kier molecular flexibility index (Phi) is 4.20. The Labute approximate surface area is 81.3 Å². The standard InChI is InChI=1S/C11H22O2/c1-10(12)13-11(2)8-6-4-3-5-7-9-11/h10,12H,3-9H2,1-2H3. The highest BCUT2D eigenvalue weighted by molar-refractivity contribution is 4.77. The number of hydrogen-bond acceptors (Lipinski definition) is 2. The van der Waals surface area contributed by atoms with Crippen molar-refractivity contribution >= 4 is 0 Å². The average Bonchev–Trinajstić information content (AvgIpc) is 1.97. The summed E-state index contributed by atoms with van der Waals surface area (Å²) in [6.45, 7) is 3.83. The highest BCUT2D eigenvalue weighted by Gasteiger charge is 2.26. The quantitative estimate of drug-likeness (QED) is 0.672. The molecule has 1 aliphatic rings. The molecule has 0 aromatic rings. The van der Waals surface area contributed by atoms with E-state index in [0.717, 1.165) is 12.8 Å². The summed E-state index contributed by atoms with van der Waals surface area (Å²) in [6, 6.07) is 0. The summed E-state index contributed by atoms with van der Waals surface area (Å²) in [5.41, 5.74) is -0.0748. The van der Waals surface area contributed by atoms with Gasteiger partial charge in [-0.25, -0.2) is 0 Å². The molecule has 2 nitrogen and oxygen atoms in total. The molecule has 1 fully saturated rings. The Balaban J connectivity index is 2.41. The van der Waals surface area contributed by atoms with Crippen molar-refractivity contribution in [3.05, 3.63) is 0 Å². The summed E-state index contributed by atoms with van der Waals surface area (Å²) in [5.74, 6) is 0. The van der Waals surface area contributed by atoms with Gasteiger partial charge in [0.25, 0.3) is 0 Å².